The third-order valence-corrected chi connectivity index (χ3v) is 7.11. The Bertz CT molecular complexity index is 1370. The van der Waals surface area contributed by atoms with E-state index in [0.717, 1.165) is 50.9 Å². The van der Waals surface area contributed by atoms with E-state index in [1.807, 2.05) is 17.1 Å². The molecule has 0 bridgehead atoms. The highest BCUT2D eigenvalue weighted by Gasteiger charge is 2.30. The average molecular weight is 467 g/mol. The second-order valence-electron chi connectivity index (χ2n) is 9.21. The van der Waals surface area contributed by atoms with Crippen molar-refractivity contribution in [2.45, 2.75) is 50.2 Å². The lowest BCUT2D eigenvalue weighted by Crippen LogP contribution is -2.34. The Morgan fingerprint density at radius 3 is 2.85 bits per heavy atom. The summed E-state index contributed by atoms with van der Waals surface area (Å²) in [6.07, 6.45) is 8.30. The van der Waals surface area contributed by atoms with Gasteiger partial charge in [-0.2, -0.15) is 9.61 Å². The van der Waals surface area contributed by atoms with Crippen molar-refractivity contribution < 1.29 is 14.2 Å². The first kappa shape index (κ1) is 21.1. The molecule has 34 heavy (non-hydrogen) atoms. The van der Waals surface area contributed by atoms with Crippen LogP contribution in [-0.4, -0.2) is 60.8 Å². The molecule has 1 saturated heterocycles. The number of aliphatic hydroxyl groups excluding tert-OH is 1. The molecule has 1 saturated carbocycles. The molecule has 0 radical (unpaired) electrons. The van der Waals surface area contributed by atoms with E-state index in [1.165, 1.54) is 23.8 Å². The van der Waals surface area contributed by atoms with E-state index < -0.39 is 5.82 Å². The van der Waals surface area contributed by atoms with E-state index in [1.54, 1.807) is 0 Å². The number of fused-ring (bicyclic) bond motifs is 3. The molecular formula is C23H27FN8O2. The molecule has 2 aliphatic rings. The molecule has 3 aromatic heterocycles. The molecule has 0 amide bonds. The maximum absolute atomic E-state index is 14.4. The lowest BCUT2D eigenvalue weighted by atomic mass is 9.97. The van der Waals surface area contributed by atoms with Crippen LogP contribution < -0.4 is 15.4 Å². The molecule has 6 rings (SSSR count). The Morgan fingerprint density at radius 2 is 2.06 bits per heavy atom. The fraction of sp³-hybridized carbons (Fsp3) is 0.478. The highest BCUT2D eigenvalue weighted by atomic mass is 19.1. The Morgan fingerprint density at radius 1 is 1.18 bits per heavy atom. The first-order chi connectivity index (χ1) is 16.5. The monoisotopic (exact) mass is 466 g/mol. The van der Waals surface area contributed by atoms with Crippen LogP contribution in [0.4, 0.5) is 16.0 Å². The summed E-state index contributed by atoms with van der Waals surface area (Å²) in [6.45, 7) is 1.66. The first-order valence-corrected chi connectivity index (χ1v) is 11.7. The third kappa shape index (κ3) is 3.42. The summed E-state index contributed by atoms with van der Waals surface area (Å²) in [4.78, 5) is 11.4. The van der Waals surface area contributed by atoms with Crippen molar-refractivity contribution in [1.29, 1.82) is 0 Å². The van der Waals surface area contributed by atoms with Gasteiger partial charge in [-0.25, -0.2) is 14.4 Å². The minimum absolute atomic E-state index is 0.0530. The van der Waals surface area contributed by atoms with Crippen molar-refractivity contribution in [3.8, 4) is 5.75 Å². The summed E-state index contributed by atoms with van der Waals surface area (Å²) in [5, 5.41) is 19.9. The van der Waals surface area contributed by atoms with Gasteiger partial charge in [-0.3, -0.25) is 4.68 Å². The number of halogens is 1. The molecule has 3 N–H and O–H groups in total. The average Bonchev–Trinajstić information content (AvgIpc) is 3.59. The van der Waals surface area contributed by atoms with Crippen molar-refractivity contribution in [1.82, 2.24) is 29.4 Å². The van der Waals surface area contributed by atoms with Crippen LogP contribution in [0.2, 0.25) is 0 Å². The molecule has 0 spiro atoms. The molecule has 4 heterocycles. The Balaban J connectivity index is 1.30. The van der Waals surface area contributed by atoms with Crippen LogP contribution in [0.3, 0.4) is 0 Å². The SMILES string of the molecule is COc1cc2nc(N)n3nc([C@@H]4CCCN(c5cnn([C@H]6CCC[C@H]6O)c5)C4)nc3c2cc1F. The number of benzene rings is 1. The van der Waals surface area contributed by atoms with Gasteiger partial charge in [-0.1, -0.05) is 0 Å². The van der Waals surface area contributed by atoms with E-state index in [9.17, 15) is 9.50 Å². The summed E-state index contributed by atoms with van der Waals surface area (Å²) in [5.41, 5.74) is 8.19. The molecule has 4 aromatic rings. The van der Waals surface area contributed by atoms with Gasteiger partial charge < -0.3 is 20.5 Å². The maximum atomic E-state index is 14.4. The molecule has 1 aromatic carbocycles. The van der Waals surface area contributed by atoms with Crippen molar-refractivity contribution >= 4 is 28.2 Å². The van der Waals surface area contributed by atoms with Gasteiger partial charge in [0.05, 0.1) is 36.7 Å². The number of methoxy groups -OCH3 is 1. The second kappa shape index (κ2) is 8.08. The van der Waals surface area contributed by atoms with Crippen LogP contribution in [-0.2, 0) is 0 Å². The normalized spacial score (nSPS) is 23.3. The molecule has 10 nitrogen and oxygen atoms in total. The van der Waals surface area contributed by atoms with E-state index in [4.69, 9.17) is 15.5 Å². The predicted octanol–water partition coefficient (Wildman–Crippen LogP) is 2.67. The lowest BCUT2D eigenvalue weighted by Gasteiger charge is -2.32. The molecule has 1 aliphatic carbocycles. The summed E-state index contributed by atoms with van der Waals surface area (Å²) < 4.78 is 22.9. The number of anilines is 2. The van der Waals surface area contributed by atoms with Gasteiger partial charge in [0.25, 0.3) is 0 Å². The number of aliphatic hydroxyl groups is 1. The highest BCUT2D eigenvalue weighted by molar-refractivity contribution is 5.93. The van der Waals surface area contributed by atoms with Crippen molar-refractivity contribution in [2.75, 3.05) is 30.8 Å². The molecule has 3 atom stereocenters. The Hall–Kier alpha value is -3.47. The predicted molar refractivity (Wildman–Crippen MR) is 125 cm³/mol. The number of nitrogens with zero attached hydrogens (tertiary/aromatic N) is 7. The van der Waals surface area contributed by atoms with Gasteiger partial charge in [-0.05, 0) is 38.2 Å². The minimum Gasteiger partial charge on any atom is -0.494 e. The van der Waals surface area contributed by atoms with Crippen molar-refractivity contribution in [3.63, 3.8) is 0 Å². The zero-order valence-electron chi connectivity index (χ0n) is 18.9. The highest BCUT2D eigenvalue weighted by Crippen LogP contribution is 2.34. The fourth-order valence-corrected chi connectivity index (χ4v) is 5.30. The van der Waals surface area contributed by atoms with Gasteiger partial charge in [0.1, 0.15) is 0 Å². The summed E-state index contributed by atoms with van der Waals surface area (Å²) in [5.74, 6) is 0.574. The fourth-order valence-electron chi connectivity index (χ4n) is 5.30. The van der Waals surface area contributed by atoms with Crippen LogP contribution >= 0.6 is 0 Å². The van der Waals surface area contributed by atoms with E-state index in [-0.39, 0.29) is 29.8 Å². The molecule has 0 unspecified atom stereocenters. The number of nitrogens with two attached hydrogens (primary N) is 1. The lowest BCUT2D eigenvalue weighted by molar-refractivity contribution is 0.130. The standard InChI is InChI=1S/C23H27FN8O2/c1-34-20-9-17-15(8-16(20)24)22-28-21(29-32(22)23(25)27-17)13-4-3-7-30(11-13)14-10-26-31(12-14)18-5-2-6-19(18)33/h8-10,12-13,18-19,33H,2-7,11H2,1H3,(H2,25,27)/t13-,18+,19-/m1/s1. The number of nitrogen functional groups attached to an aromatic ring is 1. The second-order valence-corrected chi connectivity index (χ2v) is 9.21. The summed E-state index contributed by atoms with van der Waals surface area (Å²) >= 11 is 0. The van der Waals surface area contributed by atoms with E-state index in [0.29, 0.717) is 22.4 Å². The molecule has 2 fully saturated rings. The van der Waals surface area contributed by atoms with Gasteiger partial charge in [0, 0.05) is 36.7 Å². The number of hydrogen-bond donors (Lipinski definition) is 2. The third-order valence-electron chi connectivity index (χ3n) is 7.11. The van der Waals surface area contributed by atoms with Crippen molar-refractivity contribution in [3.05, 3.63) is 36.2 Å². The van der Waals surface area contributed by atoms with Crippen LogP contribution in [0, 0.1) is 5.82 Å². The maximum Gasteiger partial charge on any atom is 0.223 e. The topological polar surface area (TPSA) is 120 Å². The minimum atomic E-state index is -0.485. The first-order valence-electron chi connectivity index (χ1n) is 11.7. The number of hydrogen-bond acceptors (Lipinski definition) is 8. The molecule has 11 heteroatoms. The number of piperidine rings is 1. The summed E-state index contributed by atoms with van der Waals surface area (Å²) in [7, 11) is 1.41. The Labute approximate surface area is 195 Å². The van der Waals surface area contributed by atoms with Gasteiger partial charge in [-0.15, -0.1) is 5.10 Å². The molecule has 1 aliphatic heterocycles. The van der Waals surface area contributed by atoms with Crippen LogP contribution in [0.25, 0.3) is 16.6 Å². The van der Waals surface area contributed by atoms with Crippen molar-refractivity contribution in [2.24, 2.45) is 0 Å². The van der Waals surface area contributed by atoms with E-state index in [2.05, 4.69) is 20.1 Å². The van der Waals surface area contributed by atoms with Crippen LogP contribution in [0.15, 0.2) is 24.5 Å². The number of aromatic nitrogens is 6. The van der Waals surface area contributed by atoms with Gasteiger partial charge in [0.2, 0.25) is 5.95 Å². The molecule has 178 valence electrons. The van der Waals surface area contributed by atoms with Gasteiger partial charge in [0.15, 0.2) is 23.0 Å². The Kier molecular flexibility index (Phi) is 5.01. The number of rotatable bonds is 4. The van der Waals surface area contributed by atoms with Crippen LogP contribution in [0.5, 0.6) is 5.75 Å². The van der Waals surface area contributed by atoms with E-state index >= 15 is 0 Å². The number of ether oxygens (including phenoxy) is 1. The molecular weight excluding hydrogens is 439 g/mol. The largest absolute Gasteiger partial charge is 0.494 e. The zero-order valence-corrected chi connectivity index (χ0v) is 18.9. The smallest absolute Gasteiger partial charge is 0.223 e. The summed E-state index contributed by atoms with van der Waals surface area (Å²) in [6, 6.07) is 2.95. The van der Waals surface area contributed by atoms with Gasteiger partial charge >= 0.3 is 0 Å². The van der Waals surface area contributed by atoms with Crippen LogP contribution in [0.1, 0.15) is 49.9 Å². The quantitative estimate of drug-likeness (QED) is 0.471. The zero-order chi connectivity index (χ0) is 23.4.